The Balaban J connectivity index is 1.45. The predicted octanol–water partition coefficient (Wildman–Crippen LogP) is 2.76. The summed E-state index contributed by atoms with van der Waals surface area (Å²) in [6.07, 6.45) is 2.21. The highest BCUT2D eigenvalue weighted by atomic mass is 16.5. The third kappa shape index (κ3) is 10.9. The van der Waals surface area contributed by atoms with Crippen molar-refractivity contribution in [2.75, 3.05) is 6.61 Å². The van der Waals surface area contributed by atoms with Crippen LogP contribution in [-0.2, 0) is 49.9 Å². The van der Waals surface area contributed by atoms with Gasteiger partial charge in [0.1, 0.15) is 18.7 Å². The molecule has 4 aromatic rings. The van der Waals surface area contributed by atoms with Gasteiger partial charge >= 0.3 is 12.1 Å². The number of H-pyrrole nitrogens is 1. The van der Waals surface area contributed by atoms with Crippen molar-refractivity contribution < 1.29 is 33.8 Å². The second-order valence-corrected chi connectivity index (χ2v) is 10.2. The van der Waals surface area contributed by atoms with E-state index in [-0.39, 0.29) is 32.7 Å². The lowest BCUT2D eigenvalue weighted by Gasteiger charge is -2.24. The highest BCUT2D eigenvalue weighted by Crippen LogP contribution is 2.08. The van der Waals surface area contributed by atoms with Gasteiger partial charge in [0.2, 0.25) is 11.8 Å². The molecule has 3 amide bonds. The summed E-state index contributed by atoms with van der Waals surface area (Å²) in [5.41, 5.74) is 2.90. The molecule has 0 radical (unpaired) electrons. The molecule has 0 aliphatic carbocycles. The molecule has 4 rings (SSSR count). The molecule has 0 saturated heterocycles. The van der Waals surface area contributed by atoms with E-state index < -0.39 is 42.0 Å². The van der Waals surface area contributed by atoms with Crippen LogP contribution in [0.2, 0.25) is 0 Å². The number of carbonyl (C=O) groups excluding carboxylic acids is 3. The van der Waals surface area contributed by atoms with Crippen molar-refractivity contribution in [1.29, 1.82) is 0 Å². The number of nitrogens with zero attached hydrogens (tertiary/aromatic N) is 1. The first-order chi connectivity index (χ1) is 21.9. The SMILES string of the molecule is O=C(N[C@@H](Cc1cnc[nH]1)C(=O)N[C@@H](Cc1ccccc1)C(=O)N[C@@H](COCc1ccccc1)C(=O)O)OCc1ccccc1. The lowest BCUT2D eigenvalue weighted by molar-refractivity contribution is -0.144. The molecule has 0 spiro atoms. The Morgan fingerprint density at radius 3 is 1.78 bits per heavy atom. The number of alkyl carbamates (subject to hydrolysis) is 1. The molecule has 3 atom stereocenters. The number of carboxylic acids is 1. The van der Waals surface area contributed by atoms with Gasteiger partial charge in [0.15, 0.2) is 6.04 Å². The Labute approximate surface area is 260 Å². The van der Waals surface area contributed by atoms with Crippen LogP contribution in [0, 0.1) is 0 Å². The second-order valence-electron chi connectivity index (χ2n) is 10.2. The van der Waals surface area contributed by atoms with Gasteiger partial charge in [-0.1, -0.05) is 91.0 Å². The molecule has 0 aliphatic heterocycles. The van der Waals surface area contributed by atoms with E-state index in [4.69, 9.17) is 9.47 Å². The molecule has 12 heteroatoms. The molecule has 234 valence electrons. The average molecular weight is 614 g/mol. The number of rotatable bonds is 16. The van der Waals surface area contributed by atoms with Gasteiger partial charge < -0.3 is 35.5 Å². The summed E-state index contributed by atoms with van der Waals surface area (Å²) in [4.78, 5) is 58.6. The molecule has 1 heterocycles. The van der Waals surface area contributed by atoms with Crippen molar-refractivity contribution in [3.8, 4) is 0 Å². The molecular formula is C33H35N5O7. The lowest BCUT2D eigenvalue weighted by Crippen LogP contribution is -2.57. The molecule has 45 heavy (non-hydrogen) atoms. The van der Waals surface area contributed by atoms with E-state index in [9.17, 15) is 24.3 Å². The highest BCUT2D eigenvalue weighted by Gasteiger charge is 2.30. The maximum absolute atomic E-state index is 13.6. The first-order valence-electron chi connectivity index (χ1n) is 14.3. The fraction of sp³-hybridized carbons (Fsp3) is 0.242. The van der Waals surface area contributed by atoms with Crippen LogP contribution >= 0.6 is 0 Å². The number of carboxylic acid groups (broad SMARTS) is 1. The predicted molar refractivity (Wildman–Crippen MR) is 164 cm³/mol. The van der Waals surface area contributed by atoms with Crippen molar-refractivity contribution in [2.45, 2.75) is 44.2 Å². The Hall–Kier alpha value is -5.49. The van der Waals surface area contributed by atoms with Gasteiger partial charge in [0.25, 0.3) is 0 Å². The van der Waals surface area contributed by atoms with E-state index in [0.717, 1.165) is 16.7 Å². The second kappa shape index (κ2) is 17.0. The molecule has 0 saturated carbocycles. The number of aliphatic carboxylic acids is 1. The normalized spacial score (nSPS) is 12.7. The zero-order chi connectivity index (χ0) is 31.9. The summed E-state index contributed by atoms with van der Waals surface area (Å²) in [7, 11) is 0. The molecule has 1 aromatic heterocycles. The molecule has 5 N–H and O–H groups in total. The van der Waals surface area contributed by atoms with E-state index in [1.807, 2.05) is 54.6 Å². The number of amides is 3. The standard InChI is InChI=1S/C33H35N5O7/c39-30(37-29(32(41)42)21-44-19-24-12-6-2-7-13-24)27(16-23-10-4-1-5-11-23)36-31(40)28(17-26-18-34-22-35-26)38-33(43)45-20-25-14-8-3-9-15-25/h1-15,18,22,27-29H,16-17,19-21H2,(H,34,35)(H,36,40)(H,37,39)(H,38,43)(H,41,42)/t27-,28-,29-/m0/s1. The van der Waals surface area contributed by atoms with Crippen LogP contribution in [0.4, 0.5) is 4.79 Å². The van der Waals surface area contributed by atoms with E-state index in [2.05, 4.69) is 25.9 Å². The fourth-order valence-corrected chi connectivity index (χ4v) is 4.38. The first kappa shape index (κ1) is 32.4. The van der Waals surface area contributed by atoms with Gasteiger partial charge in [0.05, 0.1) is 19.5 Å². The number of aromatic amines is 1. The van der Waals surface area contributed by atoms with Crippen molar-refractivity contribution in [2.24, 2.45) is 0 Å². The maximum Gasteiger partial charge on any atom is 0.408 e. The van der Waals surface area contributed by atoms with Crippen molar-refractivity contribution in [1.82, 2.24) is 25.9 Å². The van der Waals surface area contributed by atoms with Gasteiger partial charge in [-0.2, -0.15) is 0 Å². The van der Waals surface area contributed by atoms with Crippen LogP contribution in [0.3, 0.4) is 0 Å². The number of ether oxygens (including phenoxy) is 2. The minimum absolute atomic E-state index is 0.00692. The minimum atomic E-state index is -1.37. The van der Waals surface area contributed by atoms with Crippen molar-refractivity contribution in [3.63, 3.8) is 0 Å². The van der Waals surface area contributed by atoms with Gasteiger partial charge in [-0.3, -0.25) is 9.59 Å². The van der Waals surface area contributed by atoms with E-state index in [1.54, 1.807) is 36.4 Å². The molecule has 3 aromatic carbocycles. The summed E-state index contributed by atoms with van der Waals surface area (Å²) in [6, 6.07) is 23.5. The minimum Gasteiger partial charge on any atom is -0.480 e. The van der Waals surface area contributed by atoms with Crippen LogP contribution in [0.1, 0.15) is 22.4 Å². The van der Waals surface area contributed by atoms with Crippen LogP contribution in [0.15, 0.2) is 104 Å². The number of aromatic nitrogens is 2. The van der Waals surface area contributed by atoms with E-state index in [1.165, 1.54) is 12.5 Å². The smallest absolute Gasteiger partial charge is 0.408 e. The Morgan fingerprint density at radius 1 is 0.689 bits per heavy atom. The number of imidazole rings is 1. The molecule has 0 aliphatic rings. The number of hydrogen-bond acceptors (Lipinski definition) is 7. The summed E-state index contributed by atoms with van der Waals surface area (Å²) in [6.45, 7) is -0.141. The third-order valence-corrected chi connectivity index (χ3v) is 6.73. The number of nitrogens with one attached hydrogen (secondary N) is 4. The summed E-state index contributed by atoms with van der Waals surface area (Å²) in [5, 5.41) is 17.5. The van der Waals surface area contributed by atoms with Crippen LogP contribution in [0.5, 0.6) is 0 Å². The zero-order valence-electron chi connectivity index (χ0n) is 24.4. The van der Waals surface area contributed by atoms with Gasteiger partial charge in [-0.05, 0) is 16.7 Å². The topological polar surface area (TPSA) is 172 Å². The van der Waals surface area contributed by atoms with E-state index in [0.29, 0.717) is 5.69 Å². The van der Waals surface area contributed by atoms with E-state index >= 15 is 0 Å². The Bertz CT molecular complexity index is 1500. The summed E-state index contributed by atoms with van der Waals surface area (Å²) in [5.74, 6) is -2.69. The largest absolute Gasteiger partial charge is 0.480 e. The van der Waals surface area contributed by atoms with Gasteiger partial charge in [-0.15, -0.1) is 0 Å². The van der Waals surface area contributed by atoms with Gasteiger partial charge in [-0.25, -0.2) is 14.6 Å². The fourth-order valence-electron chi connectivity index (χ4n) is 4.38. The zero-order valence-corrected chi connectivity index (χ0v) is 24.4. The lowest BCUT2D eigenvalue weighted by atomic mass is 10.0. The van der Waals surface area contributed by atoms with Crippen molar-refractivity contribution in [3.05, 3.63) is 126 Å². The Kier molecular flexibility index (Phi) is 12.2. The van der Waals surface area contributed by atoms with Crippen molar-refractivity contribution >= 4 is 23.9 Å². The third-order valence-electron chi connectivity index (χ3n) is 6.73. The molecule has 12 nitrogen and oxygen atoms in total. The summed E-state index contributed by atoms with van der Waals surface area (Å²) >= 11 is 0. The molecular weight excluding hydrogens is 578 g/mol. The van der Waals surface area contributed by atoms with Gasteiger partial charge in [0, 0.05) is 24.7 Å². The Morgan fingerprint density at radius 2 is 1.22 bits per heavy atom. The first-order valence-corrected chi connectivity index (χ1v) is 14.3. The molecule has 0 unspecified atom stereocenters. The monoisotopic (exact) mass is 613 g/mol. The number of hydrogen-bond donors (Lipinski definition) is 5. The van der Waals surface area contributed by atoms with Crippen LogP contribution < -0.4 is 16.0 Å². The summed E-state index contributed by atoms with van der Waals surface area (Å²) < 4.78 is 10.9. The van der Waals surface area contributed by atoms with Crippen LogP contribution in [0.25, 0.3) is 0 Å². The number of benzene rings is 3. The average Bonchev–Trinajstić information content (AvgIpc) is 3.57. The number of carbonyl (C=O) groups is 4. The molecule has 0 bridgehead atoms. The highest BCUT2D eigenvalue weighted by molar-refractivity contribution is 5.93. The molecule has 0 fully saturated rings. The van der Waals surface area contributed by atoms with Crippen LogP contribution in [-0.4, -0.2) is 63.7 Å². The maximum atomic E-state index is 13.6. The quantitative estimate of drug-likeness (QED) is 0.128.